The second-order valence-electron chi connectivity index (χ2n) is 3.57. The molecular weight excluding hydrogens is 233 g/mol. The average Bonchev–Trinajstić information content (AvgIpc) is 2.20. The van der Waals surface area contributed by atoms with Crippen LogP contribution in [-0.4, -0.2) is 17.1 Å². The van der Waals surface area contributed by atoms with Gasteiger partial charge in [0.15, 0.2) is 0 Å². The maximum Gasteiger partial charge on any atom is 0.337 e. The number of rotatable bonds is 4. The Labute approximate surface area is 98.2 Å². The van der Waals surface area contributed by atoms with Gasteiger partial charge in [0.25, 0.3) is 0 Å². The van der Waals surface area contributed by atoms with E-state index in [-0.39, 0.29) is 22.3 Å². The Morgan fingerprint density at radius 3 is 2.75 bits per heavy atom. The molecule has 0 radical (unpaired) electrons. The fraction of sp³-hybridized carbons (Fsp3) is 0.364. The second kappa shape index (κ2) is 5.16. The highest BCUT2D eigenvalue weighted by molar-refractivity contribution is 6.34. The van der Waals surface area contributed by atoms with Crippen LogP contribution in [0.2, 0.25) is 5.02 Å². The number of benzene rings is 1. The van der Waals surface area contributed by atoms with Crippen LogP contribution in [0.4, 0.5) is 10.1 Å². The standard InChI is InChI=1S/C11H13ClFNO2/c1-3-6(2)14-10-8(11(15)16)4-7(13)5-9(10)12/h4-6,14H,3H2,1-2H3,(H,15,16). The maximum absolute atomic E-state index is 13.0. The Hall–Kier alpha value is -1.29. The van der Waals surface area contributed by atoms with E-state index < -0.39 is 11.8 Å². The third-order valence-electron chi connectivity index (χ3n) is 2.29. The zero-order valence-corrected chi connectivity index (χ0v) is 9.81. The van der Waals surface area contributed by atoms with E-state index in [1.807, 2.05) is 13.8 Å². The summed E-state index contributed by atoms with van der Waals surface area (Å²) in [4.78, 5) is 10.9. The van der Waals surface area contributed by atoms with Crippen molar-refractivity contribution in [2.24, 2.45) is 0 Å². The highest BCUT2D eigenvalue weighted by Gasteiger charge is 2.16. The summed E-state index contributed by atoms with van der Waals surface area (Å²) in [5, 5.41) is 12.0. The van der Waals surface area contributed by atoms with Crippen LogP contribution in [0, 0.1) is 5.82 Å². The van der Waals surface area contributed by atoms with Crippen molar-refractivity contribution in [1.82, 2.24) is 0 Å². The minimum Gasteiger partial charge on any atom is -0.478 e. The van der Waals surface area contributed by atoms with Crippen molar-refractivity contribution in [3.05, 3.63) is 28.5 Å². The maximum atomic E-state index is 13.0. The van der Waals surface area contributed by atoms with Gasteiger partial charge in [-0.15, -0.1) is 0 Å². The molecule has 88 valence electrons. The summed E-state index contributed by atoms with van der Waals surface area (Å²) in [6, 6.07) is 2.12. The summed E-state index contributed by atoms with van der Waals surface area (Å²) in [6.07, 6.45) is 0.812. The lowest BCUT2D eigenvalue weighted by Gasteiger charge is -2.16. The molecule has 0 heterocycles. The molecule has 0 bridgehead atoms. The van der Waals surface area contributed by atoms with Crippen LogP contribution >= 0.6 is 11.6 Å². The van der Waals surface area contributed by atoms with Gasteiger partial charge in [0, 0.05) is 6.04 Å². The topological polar surface area (TPSA) is 49.3 Å². The molecule has 2 N–H and O–H groups in total. The first-order valence-electron chi connectivity index (χ1n) is 4.94. The summed E-state index contributed by atoms with van der Waals surface area (Å²) < 4.78 is 13.0. The molecule has 5 heteroatoms. The van der Waals surface area contributed by atoms with Gasteiger partial charge in [-0.2, -0.15) is 0 Å². The average molecular weight is 246 g/mol. The predicted molar refractivity (Wildman–Crippen MR) is 61.7 cm³/mol. The van der Waals surface area contributed by atoms with Crippen molar-refractivity contribution < 1.29 is 14.3 Å². The number of hydrogen-bond acceptors (Lipinski definition) is 2. The van der Waals surface area contributed by atoms with Crippen molar-refractivity contribution >= 4 is 23.3 Å². The van der Waals surface area contributed by atoms with Gasteiger partial charge in [-0.1, -0.05) is 18.5 Å². The SMILES string of the molecule is CCC(C)Nc1c(Cl)cc(F)cc1C(=O)O. The molecule has 0 saturated heterocycles. The Bertz CT molecular complexity index is 409. The first-order valence-corrected chi connectivity index (χ1v) is 5.32. The van der Waals surface area contributed by atoms with Crippen LogP contribution in [0.1, 0.15) is 30.6 Å². The predicted octanol–water partition coefficient (Wildman–Crippen LogP) is 3.39. The largest absolute Gasteiger partial charge is 0.478 e. The fourth-order valence-electron chi connectivity index (χ4n) is 1.24. The minimum absolute atomic E-state index is 0.0704. The van der Waals surface area contributed by atoms with Crippen molar-refractivity contribution in [2.75, 3.05) is 5.32 Å². The van der Waals surface area contributed by atoms with Crippen LogP contribution in [-0.2, 0) is 0 Å². The molecule has 16 heavy (non-hydrogen) atoms. The number of hydrogen-bond donors (Lipinski definition) is 2. The monoisotopic (exact) mass is 245 g/mol. The number of anilines is 1. The van der Waals surface area contributed by atoms with Crippen LogP contribution in [0.25, 0.3) is 0 Å². The molecule has 0 amide bonds. The van der Waals surface area contributed by atoms with Gasteiger partial charge >= 0.3 is 5.97 Å². The molecular formula is C11H13ClFNO2. The van der Waals surface area contributed by atoms with E-state index in [1.54, 1.807) is 0 Å². The zero-order chi connectivity index (χ0) is 12.3. The van der Waals surface area contributed by atoms with Crippen LogP contribution < -0.4 is 5.32 Å². The Morgan fingerprint density at radius 1 is 1.62 bits per heavy atom. The van der Waals surface area contributed by atoms with Crippen molar-refractivity contribution in [1.29, 1.82) is 0 Å². The van der Waals surface area contributed by atoms with E-state index in [2.05, 4.69) is 5.32 Å². The third-order valence-corrected chi connectivity index (χ3v) is 2.59. The zero-order valence-electron chi connectivity index (χ0n) is 9.05. The minimum atomic E-state index is -1.20. The highest BCUT2D eigenvalue weighted by Crippen LogP contribution is 2.28. The van der Waals surface area contributed by atoms with Gasteiger partial charge in [-0.3, -0.25) is 0 Å². The van der Waals surface area contributed by atoms with E-state index in [1.165, 1.54) is 0 Å². The van der Waals surface area contributed by atoms with Crippen molar-refractivity contribution in [2.45, 2.75) is 26.3 Å². The number of aromatic carboxylic acids is 1. The summed E-state index contributed by atoms with van der Waals surface area (Å²) >= 11 is 5.81. The number of halogens is 2. The van der Waals surface area contributed by atoms with E-state index in [0.717, 1.165) is 18.6 Å². The third kappa shape index (κ3) is 2.85. The molecule has 0 aliphatic carbocycles. The van der Waals surface area contributed by atoms with Gasteiger partial charge in [0.2, 0.25) is 0 Å². The fourth-order valence-corrected chi connectivity index (χ4v) is 1.50. The van der Waals surface area contributed by atoms with Crippen molar-refractivity contribution in [3.63, 3.8) is 0 Å². The first-order chi connectivity index (χ1) is 7.45. The second-order valence-corrected chi connectivity index (χ2v) is 3.98. The van der Waals surface area contributed by atoms with Gasteiger partial charge in [0.1, 0.15) is 5.82 Å². The van der Waals surface area contributed by atoms with Crippen LogP contribution in [0.3, 0.4) is 0 Å². The smallest absolute Gasteiger partial charge is 0.337 e. The number of nitrogens with one attached hydrogen (secondary N) is 1. The summed E-state index contributed by atoms with van der Waals surface area (Å²) in [5.41, 5.74) is 0.121. The molecule has 0 aliphatic rings. The summed E-state index contributed by atoms with van der Waals surface area (Å²) in [5.74, 6) is -1.86. The number of carboxylic acid groups (broad SMARTS) is 1. The lowest BCUT2D eigenvalue weighted by molar-refractivity contribution is 0.0697. The molecule has 1 unspecified atom stereocenters. The lowest BCUT2D eigenvalue weighted by atomic mass is 10.1. The van der Waals surface area contributed by atoms with Gasteiger partial charge in [-0.05, 0) is 25.5 Å². The van der Waals surface area contributed by atoms with Gasteiger partial charge in [0.05, 0.1) is 16.3 Å². The lowest BCUT2D eigenvalue weighted by Crippen LogP contribution is -2.16. The van der Waals surface area contributed by atoms with E-state index >= 15 is 0 Å². The highest BCUT2D eigenvalue weighted by atomic mass is 35.5. The molecule has 0 fully saturated rings. The quantitative estimate of drug-likeness (QED) is 0.855. The molecule has 0 aromatic heterocycles. The Kier molecular flexibility index (Phi) is 4.12. The number of carboxylic acids is 1. The van der Waals surface area contributed by atoms with Gasteiger partial charge in [-0.25, -0.2) is 9.18 Å². The molecule has 1 aromatic carbocycles. The summed E-state index contributed by atoms with van der Waals surface area (Å²) in [6.45, 7) is 3.85. The Morgan fingerprint density at radius 2 is 2.25 bits per heavy atom. The first kappa shape index (κ1) is 12.8. The van der Waals surface area contributed by atoms with Crippen LogP contribution in [0.15, 0.2) is 12.1 Å². The summed E-state index contributed by atoms with van der Waals surface area (Å²) in [7, 11) is 0. The molecule has 0 saturated carbocycles. The van der Waals surface area contributed by atoms with E-state index in [0.29, 0.717) is 0 Å². The molecule has 0 spiro atoms. The van der Waals surface area contributed by atoms with Crippen LogP contribution in [0.5, 0.6) is 0 Å². The van der Waals surface area contributed by atoms with Crippen molar-refractivity contribution in [3.8, 4) is 0 Å². The normalized spacial score (nSPS) is 12.2. The number of carbonyl (C=O) groups is 1. The van der Waals surface area contributed by atoms with Gasteiger partial charge < -0.3 is 10.4 Å². The van der Waals surface area contributed by atoms with E-state index in [4.69, 9.17) is 16.7 Å². The molecule has 1 aromatic rings. The molecule has 0 aliphatic heterocycles. The van der Waals surface area contributed by atoms with E-state index in [9.17, 15) is 9.18 Å². The molecule has 1 rings (SSSR count). The molecule has 3 nitrogen and oxygen atoms in total. The molecule has 1 atom stereocenters. The Balaban J connectivity index is 3.19.